The molecule has 0 saturated carbocycles. The second-order valence-electron chi connectivity index (χ2n) is 5.12. The number of carbonyl (C=O) groups excluding carboxylic acids is 1. The molecule has 0 aliphatic rings. The number of carbonyl (C=O) groups is 1. The van der Waals surface area contributed by atoms with E-state index in [4.69, 9.17) is 4.74 Å². The lowest BCUT2D eigenvalue weighted by molar-refractivity contribution is 0.0772. The van der Waals surface area contributed by atoms with Crippen LogP contribution in [0.25, 0.3) is 0 Å². The molecule has 0 bridgehead atoms. The quantitative estimate of drug-likeness (QED) is 0.812. The minimum atomic E-state index is 0.0931. The molecule has 0 aliphatic heterocycles. The van der Waals surface area contributed by atoms with Crippen molar-refractivity contribution in [3.8, 4) is 5.75 Å². The van der Waals surface area contributed by atoms with Gasteiger partial charge < -0.3 is 9.64 Å². The van der Waals surface area contributed by atoms with E-state index >= 15 is 0 Å². The van der Waals surface area contributed by atoms with Crippen molar-refractivity contribution in [1.29, 1.82) is 0 Å². The third-order valence-corrected chi connectivity index (χ3v) is 3.87. The van der Waals surface area contributed by atoms with Gasteiger partial charge >= 0.3 is 0 Å². The number of hydrogen-bond acceptors (Lipinski definition) is 2. The maximum atomic E-state index is 12.7. The van der Waals surface area contributed by atoms with Gasteiger partial charge in [0, 0.05) is 25.1 Å². The van der Waals surface area contributed by atoms with Crippen molar-refractivity contribution in [1.82, 2.24) is 4.90 Å². The highest BCUT2D eigenvalue weighted by Crippen LogP contribution is 2.23. The maximum Gasteiger partial charge on any atom is 0.254 e. The van der Waals surface area contributed by atoms with Gasteiger partial charge in [-0.3, -0.25) is 4.79 Å². The highest BCUT2D eigenvalue weighted by Gasteiger charge is 2.16. The predicted molar refractivity (Wildman–Crippen MR) is 89.5 cm³/mol. The van der Waals surface area contributed by atoms with Crippen LogP contribution in [-0.4, -0.2) is 31.0 Å². The molecule has 0 N–H and O–H groups in total. The molecule has 0 unspecified atom stereocenters. The summed E-state index contributed by atoms with van der Waals surface area (Å²) < 4.78 is 5.41. The fourth-order valence-corrected chi connectivity index (χ4v) is 2.62. The lowest BCUT2D eigenvalue weighted by Crippen LogP contribution is -2.31. The van der Waals surface area contributed by atoms with Crippen LogP contribution < -0.4 is 4.74 Å². The van der Waals surface area contributed by atoms with E-state index in [1.54, 1.807) is 7.11 Å². The second kappa shape index (κ2) is 7.64. The van der Waals surface area contributed by atoms with Gasteiger partial charge in [-0.1, -0.05) is 36.4 Å². The van der Waals surface area contributed by atoms with Crippen LogP contribution in [0.1, 0.15) is 35.3 Å². The van der Waals surface area contributed by atoms with Crippen LogP contribution in [0.3, 0.4) is 0 Å². The molecule has 2 aromatic carbocycles. The molecule has 0 aromatic heterocycles. The summed E-state index contributed by atoms with van der Waals surface area (Å²) in [5.41, 5.74) is 2.89. The first-order valence-corrected chi connectivity index (χ1v) is 7.70. The minimum absolute atomic E-state index is 0.0931. The summed E-state index contributed by atoms with van der Waals surface area (Å²) in [5, 5.41) is 0. The number of para-hydroxylation sites is 1. The summed E-state index contributed by atoms with van der Waals surface area (Å²) >= 11 is 0. The summed E-state index contributed by atoms with van der Waals surface area (Å²) in [5.74, 6) is 0.947. The topological polar surface area (TPSA) is 29.5 Å². The van der Waals surface area contributed by atoms with E-state index < -0.39 is 0 Å². The summed E-state index contributed by atoms with van der Waals surface area (Å²) in [6.45, 7) is 5.45. The highest BCUT2D eigenvalue weighted by molar-refractivity contribution is 5.95. The van der Waals surface area contributed by atoms with E-state index in [9.17, 15) is 4.79 Å². The first-order chi connectivity index (χ1) is 10.7. The van der Waals surface area contributed by atoms with Gasteiger partial charge in [-0.05, 0) is 37.1 Å². The van der Waals surface area contributed by atoms with E-state index in [1.165, 1.54) is 0 Å². The molecule has 0 atom stereocenters. The number of hydrogen-bond donors (Lipinski definition) is 0. The lowest BCUT2D eigenvalue weighted by atomic mass is 9.98. The van der Waals surface area contributed by atoms with Crippen molar-refractivity contribution < 1.29 is 9.53 Å². The van der Waals surface area contributed by atoms with Gasteiger partial charge in [0.15, 0.2) is 0 Å². The molecule has 0 radical (unpaired) electrons. The van der Waals surface area contributed by atoms with Crippen LogP contribution >= 0.6 is 0 Å². The summed E-state index contributed by atoms with van der Waals surface area (Å²) in [4.78, 5) is 14.5. The molecule has 0 spiro atoms. The molecule has 0 fully saturated rings. The van der Waals surface area contributed by atoms with E-state index in [2.05, 4.69) is 0 Å². The number of methoxy groups -OCH3 is 1. The Morgan fingerprint density at radius 3 is 2.18 bits per heavy atom. The largest absolute Gasteiger partial charge is 0.496 e. The average molecular weight is 297 g/mol. The zero-order valence-electron chi connectivity index (χ0n) is 13.5. The molecule has 116 valence electrons. The number of nitrogens with zero attached hydrogens (tertiary/aromatic N) is 1. The molecule has 0 aliphatic carbocycles. The molecule has 22 heavy (non-hydrogen) atoms. The number of ether oxygens (including phenoxy) is 1. The van der Waals surface area contributed by atoms with Gasteiger partial charge in [0.1, 0.15) is 5.75 Å². The molecule has 0 saturated heterocycles. The first kappa shape index (κ1) is 16.1. The van der Waals surface area contributed by atoms with Crippen LogP contribution in [0, 0.1) is 0 Å². The Morgan fingerprint density at radius 2 is 1.55 bits per heavy atom. The Hall–Kier alpha value is -2.29. The molecule has 1 amide bonds. The Morgan fingerprint density at radius 1 is 0.955 bits per heavy atom. The Labute approximate surface area is 132 Å². The SMILES string of the molecule is CCN(CC)C(=O)c1ccccc1Cc1ccccc1OC. The molecule has 2 rings (SSSR count). The Balaban J connectivity index is 2.34. The van der Waals surface area contributed by atoms with Gasteiger partial charge in [-0.15, -0.1) is 0 Å². The van der Waals surface area contributed by atoms with Gasteiger partial charge in [-0.25, -0.2) is 0 Å². The average Bonchev–Trinajstić information content (AvgIpc) is 2.57. The van der Waals surface area contributed by atoms with Gasteiger partial charge in [0.05, 0.1) is 7.11 Å². The van der Waals surface area contributed by atoms with Gasteiger partial charge in [0.25, 0.3) is 5.91 Å². The van der Waals surface area contributed by atoms with Crippen LogP contribution in [0.5, 0.6) is 5.75 Å². The Bertz CT molecular complexity index is 633. The highest BCUT2D eigenvalue weighted by atomic mass is 16.5. The maximum absolute atomic E-state index is 12.7. The first-order valence-electron chi connectivity index (χ1n) is 7.70. The van der Waals surface area contributed by atoms with Crippen molar-refractivity contribution in [2.45, 2.75) is 20.3 Å². The Kier molecular flexibility index (Phi) is 5.59. The smallest absolute Gasteiger partial charge is 0.254 e. The van der Waals surface area contributed by atoms with E-state index in [0.717, 1.165) is 35.5 Å². The van der Waals surface area contributed by atoms with Gasteiger partial charge in [0.2, 0.25) is 0 Å². The summed E-state index contributed by atoms with van der Waals surface area (Å²) in [6.07, 6.45) is 0.688. The van der Waals surface area contributed by atoms with Crippen LogP contribution in [0.15, 0.2) is 48.5 Å². The fourth-order valence-electron chi connectivity index (χ4n) is 2.62. The normalized spacial score (nSPS) is 10.3. The van der Waals surface area contributed by atoms with E-state index in [1.807, 2.05) is 67.3 Å². The number of amides is 1. The summed E-state index contributed by atoms with van der Waals surface area (Å²) in [7, 11) is 1.67. The van der Waals surface area contributed by atoms with Crippen molar-refractivity contribution in [3.63, 3.8) is 0 Å². The fraction of sp³-hybridized carbons (Fsp3) is 0.316. The molecule has 3 heteroatoms. The third-order valence-electron chi connectivity index (χ3n) is 3.87. The zero-order chi connectivity index (χ0) is 15.9. The zero-order valence-corrected chi connectivity index (χ0v) is 13.5. The van der Waals surface area contributed by atoms with E-state index in [-0.39, 0.29) is 5.91 Å². The molecular formula is C19H23NO2. The second-order valence-corrected chi connectivity index (χ2v) is 5.12. The van der Waals surface area contributed by atoms with Crippen molar-refractivity contribution >= 4 is 5.91 Å². The number of benzene rings is 2. The molecule has 2 aromatic rings. The van der Waals surface area contributed by atoms with E-state index in [0.29, 0.717) is 6.42 Å². The van der Waals surface area contributed by atoms with Crippen LogP contribution in [0.4, 0.5) is 0 Å². The molecule has 0 heterocycles. The monoisotopic (exact) mass is 297 g/mol. The van der Waals surface area contributed by atoms with Crippen LogP contribution in [0.2, 0.25) is 0 Å². The molecular weight excluding hydrogens is 274 g/mol. The van der Waals surface area contributed by atoms with Crippen LogP contribution in [-0.2, 0) is 6.42 Å². The van der Waals surface area contributed by atoms with Gasteiger partial charge in [-0.2, -0.15) is 0 Å². The number of rotatable bonds is 6. The standard InChI is InChI=1S/C19H23NO2/c1-4-20(5-2)19(21)17-12-8-6-10-15(17)14-16-11-7-9-13-18(16)22-3/h6-13H,4-5,14H2,1-3H3. The predicted octanol–water partition coefficient (Wildman–Crippen LogP) is 3.77. The van der Waals surface area contributed by atoms with Crippen molar-refractivity contribution in [3.05, 3.63) is 65.2 Å². The summed E-state index contributed by atoms with van der Waals surface area (Å²) in [6, 6.07) is 15.8. The minimum Gasteiger partial charge on any atom is -0.496 e. The third kappa shape index (κ3) is 3.48. The molecule has 3 nitrogen and oxygen atoms in total. The lowest BCUT2D eigenvalue weighted by Gasteiger charge is -2.20. The van der Waals surface area contributed by atoms with Crippen molar-refractivity contribution in [2.75, 3.05) is 20.2 Å². The van der Waals surface area contributed by atoms with Crippen molar-refractivity contribution in [2.24, 2.45) is 0 Å².